The van der Waals surface area contributed by atoms with Crippen LogP contribution in [0.1, 0.15) is 20.8 Å². The van der Waals surface area contributed by atoms with E-state index in [-0.39, 0.29) is 42.7 Å². The highest BCUT2D eigenvalue weighted by atomic mass is 35.5. The quantitative estimate of drug-likeness (QED) is 0.808. The highest BCUT2D eigenvalue weighted by molar-refractivity contribution is 7.89. The fourth-order valence-electron chi connectivity index (χ4n) is 3.00. The highest BCUT2D eigenvalue weighted by Gasteiger charge is 2.31. The Labute approximate surface area is 162 Å². The smallest absolute Gasteiger partial charge is 0.265 e. The van der Waals surface area contributed by atoms with Crippen LogP contribution < -0.4 is 5.73 Å². The average molecular weight is 411 g/mol. The summed E-state index contributed by atoms with van der Waals surface area (Å²) in [6.07, 6.45) is 1.36. The second-order valence-electron chi connectivity index (χ2n) is 6.24. The standard InChI is InChI=1S/C17H19ClN4O4S/c1-20-11-14(10-15(20)16(19)23)27(25,26)22-7-5-21(6-8-22)17(24)12-3-2-4-13(18)9-12/h2-4,9-11H,5-8H2,1H3,(H2,19,23). The molecular formula is C17H19ClN4O4S. The number of nitrogens with two attached hydrogens (primary N) is 1. The van der Waals surface area contributed by atoms with Crippen LogP contribution in [0.4, 0.5) is 0 Å². The van der Waals surface area contributed by atoms with Crippen LogP contribution >= 0.6 is 11.6 Å². The summed E-state index contributed by atoms with van der Waals surface area (Å²) in [7, 11) is -2.22. The molecule has 0 radical (unpaired) electrons. The third-order valence-electron chi connectivity index (χ3n) is 4.47. The van der Waals surface area contributed by atoms with Gasteiger partial charge in [-0.3, -0.25) is 9.59 Å². The first-order valence-corrected chi connectivity index (χ1v) is 10.0. The fraction of sp³-hybridized carbons (Fsp3) is 0.294. The second kappa shape index (κ2) is 7.34. The number of benzene rings is 1. The summed E-state index contributed by atoms with van der Waals surface area (Å²) >= 11 is 5.92. The van der Waals surface area contributed by atoms with Gasteiger partial charge < -0.3 is 15.2 Å². The zero-order valence-corrected chi connectivity index (χ0v) is 16.2. The van der Waals surface area contributed by atoms with Crippen LogP contribution in [0.2, 0.25) is 5.02 Å². The number of aryl methyl sites for hydroxylation is 1. The van der Waals surface area contributed by atoms with Gasteiger partial charge in [0.25, 0.3) is 11.8 Å². The van der Waals surface area contributed by atoms with Crippen molar-refractivity contribution in [3.8, 4) is 0 Å². The van der Waals surface area contributed by atoms with Crippen molar-refractivity contribution in [1.82, 2.24) is 13.8 Å². The third kappa shape index (κ3) is 3.85. The molecule has 1 fully saturated rings. The van der Waals surface area contributed by atoms with Gasteiger partial charge in [-0.15, -0.1) is 0 Å². The Morgan fingerprint density at radius 2 is 1.78 bits per heavy atom. The maximum absolute atomic E-state index is 12.8. The van der Waals surface area contributed by atoms with E-state index in [0.29, 0.717) is 10.6 Å². The Bertz CT molecular complexity index is 994. The van der Waals surface area contributed by atoms with Crippen molar-refractivity contribution >= 4 is 33.4 Å². The minimum atomic E-state index is -3.77. The molecule has 2 heterocycles. The van der Waals surface area contributed by atoms with Gasteiger partial charge in [0.1, 0.15) is 10.6 Å². The van der Waals surface area contributed by atoms with E-state index in [4.69, 9.17) is 17.3 Å². The molecule has 0 saturated carbocycles. The van der Waals surface area contributed by atoms with Crippen molar-refractivity contribution < 1.29 is 18.0 Å². The Morgan fingerprint density at radius 3 is 2.33 bits per heavy atom. The molecule has 0 spiro atoms. The number of rotatable bonds is 4. The first-order chi connectivity index (χ1) is 12.7. The van der Waals surface area contributed by atoms with Crippen molar-refractivity contribution in [2.75, 3.05) is 26.2 Å². The van der Waals surface area contributed by atoms with Crippen molar-refractivity contribution in [3.63, 3.8) is 0 Å². The molecule has 3 rings (SSSR count). The number of sulfonamides is 1. The van der Waals surface area contributed by atoms with Gasteiger partial charge in [0.15, 0.2) is 0 Å². The number of hydrogen-bond donors (Lipinski definition) is 1. The number of nitrogens with zero attached hydrogens (tertiary/aromatic N) is 3. The SMILES string of the molecule is Cn1cc(S(=O)(=O)N2CCN(C(=O)c3cccc(Cl)c3)CC2)cc1C(N)=O. The van der Waals surface area contributed by atoms with Crippen LogP contribution in [0, 0.1) is 0 Å². The molecule has 1 aromatic carbocycles. The Morgan fingerprint density at radius 1 is 1.11 bits per heavy atom. The highest BCUT2D eigenvalue weighted by Crippen LogP contribution is 2.21. The van der Waals surface area contributed by atoms with Gasteiger partial charge in [-0.25, -0.2) is 8.42 Å². The summed E-state index contributed by atoms with van der Waals surface area (Å²) in [4.78, 5) is 25.5. The van der Waals surface area contributed by atoms with Crippen molar-refractivity contribution in [2.24, 2.45) is 12.8 Å². The summed E-state index contributed by atoms with van der Waals surface area (Å²) in [5, 5.41) is 0.469. The number of hydrogen-bond acceptors (Lipinski definition) is 4. The van der Waals surface area contributed by atoms with Gasteiger partial charge in [-0.1, -0.05) is 17.7 Å². The maximum atomic E-state index is 12.8. The van der Waals surface area contributed by atoms with E-state index in [1.807, 2.05) is 0 Å². The van der Waals surface area contributed by atoms with E-state index in [0.717, 1.165) is 0 Å². The number of aromatic nitrogens is 1. The molecule has 0 bridgehead atoms. The predicted molar refractivity (Wildman–Crippen MR) is 100 cm³/mol. The lowest BCUT2D eigenvalue weighted by Gasteiger charge is -2.33. The van der Waals surface area contributed by atoms with Crippen LogP contribution in [-0.4, -0.2) is 60.2 Å². The molecule has 2 amide bonds. The Hall–Kier alpha value is -2.36. The molecule has 10 heteroatoms. The third-order valence-corrected chi connectivity index (χ3v) is 6.57. The lowest BCUT2D eigenvalue weighted by molar-refractivity contribution is 0.0697. The second-order valence-corrected chi connectivity index (χ2v) is 8.62. The predicted octanol–water partition coefficient (Wildman–Crippen LogP) is 0.924. The first-order valence-electron chi connectivity index (χ1n) is 8.21. The van der Waals surface area contributed by atoms with E-state index in [1.165, 1.54) is 21.1 Å². The van der Waals surface area contributed by atoms with Crippen LogP contribution in [-0.2, 0) is 17.1 Å². The van der Waals surface area contributed by atoms with Crippen LogP contribution in [0.15, 0.2) is 41.4 Å². The van der Waals surface area contributed by atoms with E-state index in [9.17, 15) is 18.0 Å². The topological polar surface area (TPSA) is 106 Å². The number of piperazine rings is 1. The maximum Gasteiger partial charge on any atom is 0.265 e. The normalized spacial score (nSPS) is 15.7. The Balaban J connectivity index is 1.72. The lowest BCUT2D eigenvalue weighted by atomic mass is 10.2. The molecule has 27 heavy (non-hydrogen) atoms. The molecule has 0 atom stereocenters. The van der Waals surface area contributed by atoms with Crippen LogP contribution in [0.3, 0.4) is 0 Å². The number of primary amides is 1. The number of carbonyl (C=O) groups excluding carboxylic acids is 2. The van der Waals surface area contributed by atoms with Crippen molar-refractivity contribution in [3.05, 3.63) is 52.8 Å². The number of halogens is 1. The van der Waals surface area contributed by atoms with Crippen molar-refractivity contribution in [1.29, 1.82) is 0 Å². The molecule has 8 nitrogen and oxygen atoms in total. The zero-order valence-electron chi connectivity index (χ0n) is 14.6. The van der Waals surface area contributed by atoms with Gasteiger partial charge >= 0.3 is 0 Å². The van der Waals surface area contributed by atoms with Crippen LogP contribution in [0.5, 0.6) is 0 Å². The van der Waals surface area contributed by atoms with Crippen molar-refractivity contribution in [2.45, 2.75) is 4.90 Å². The Kier molecular flexibility index (Phi) is 5.27. The van der Waals surface area contributed by atoms with Gasteiger partial charge in [0, 0.05) is 50.0 Å². The largest absolute Gasteiger partial charge is 0.364 e. The molecule has 2 aromatic rings. The van der Waals surface area contributed by atoms with Gasteiger partial charge in [-0.05, 0) is 24.3 Å². The van der Waals surface area contributed by atoms with E-state index in [2.05, 4.69) is 0 Å². The summed E-state index contributed by atoms with van der Waals surface area (Å²) in [5.74, 6) is -0.888. The molecule has 1 aliphatic heterocycles. The van der Waals surface area contributed by atoms with E-state index < -0.39 is 15.9 Å². The summed E-state index contributed by atoms with van der Waals surface area (Å²) in [6.45, 7) is 0.852. The van der Waals surface area contributed by atoms with Gasteiger partial charge in [-0.2, -0.15) is 4.31 Å². The molecule has 2 N–H and O–H groups in total. The van der Waals surface area contributed by atoms with E-state index >= 15 is 0 Å². The zero-order chi connectivity index (χ0) is 19.8. The minimum Gasteiger partial charge on any atom is -0.364 e. The molecule has 0 unspecified atom stereocenters. The monoisotopic (exact) mass is 410 g/mol. The van der Waals surface area contributed by atoms with Crippen LogP contribution in [0.25, 0.3) is 0 Å². The molecule has 1 saturated heterocycles. The van der Waals surface area contributed by atoms with E-state index in [1.54, 1.807) is 36.2 Å². The number of carbonyl (C=O) groups is 2. The molecule has 1 aromatic heterocycles. The lowest BCUT2D eigenvalue weighted by Crippen LogP contribution is -2.50. The molecule has 1 aliphatic rings. The van der Waals surface area contributed by atoms with Gasteiger partial charge in [0.05, 0.1) is 0 Å². The minimum absolute atomic E-state index is 0.00779. The first kappa shape index (κ1) is 19.4. The van der Waals surface area contributed by atoms with Gasteiger partial charge in [0.2, 0.25) is 10.0 Å². The molecule has 144 valence electrons. The summed E-state index contributed by atoms with van der Waals surface area (Å²) in [5.41, 5.74) is 5.83. The average Bonchev–Trinajstić information content (AvgIpc) is 3.04. The summed E-state index contributed by atoms with van der Waals surface area (Å²) < 4.78 is 28.3. The molecular weight excluding hydrogens is 392 g/mol. The number of amides is 2. The summed E-state index contributed by atoms with van der Waals surface area (Å²) in [6, 6.07) is 7.90. The fourth-order valence-corrected chi connectivity index (χ4v) is 4.69. The molecule has 0 aliphatic carbocycles.